The van der Waals surface area contributed by atoms with Crippen molar-refractivity contribution in [3.8, 4) is 0 Å². The highest BCUT2D eigenvalue weighted by atomic mass is 16.6. The van der Waals surface area contributed by atoms with Crippen LogP contribution in [0, 0.1) is 5.92 Å². The normalized spacial score (nSPS) is 12.7. The number of esters is 3. The lowest BCUT2D eigenvalue weighted by Crippen LogP contribution is -2.25. The molecule has 0 fully saturated rings. The molecule has 0 radical (unpaired) electrons. The van der Waals surface area contributed by atoms with Crippen molar-refractivity contribution in [2.75, 3.05) is 33.0 Å². The highest BCUT2D eigenvalue weighted by Crippen LogP contribution is 2.03. The lowest BCUT2D eigenvalue weighted by atomic mass is 10.1. The average Bonchev–Trinajstić information content (AvgIpc) is 2.64. The monoisotopic (exact) mass is 374 g/mol. The quantitative estimate of drug-likeness (QED) is 0.198. The van der Waals surface area contributed by atoms with Crippen molar-refractivity contribution in [1.29, 1.82) is 0 Å². The minimum absolute atomic E-state index is 0.0305. The van der Waals surface area contributed by atoms with Gasteiger partial charge in [0.2, 0.25) is 0 Å². The van der Waals surface area contributed by atoms with Gasteiger partial charge in [0.25, 0.3) is 0 Å². The van der Waals surface area contributed by atoms with Gasteiger partial charge >= 0.3 is 17.9 Å². The summed E-state index contributed by atoms with van der Waals surface area (Å²) in [6, 6.07) is 0. The van der Waals surface area contributed by atoms with Crippen molar-refractivity contribution in [3.63, 3.8) is 0 Å². The van der Waals surface area contributed by atoms with Gasteiger partial charge in [0, 0.05) is 12.7 Å². The van der Waals surface area contributed by atoms with Gasteiger partial charge in [-0.05, 0) is 19.3 Å². The Kier molecular flexibility index (Phi) is 14.2. The number of hydrogen-bond acceptors (Lipinski definition) is 8. The number of carbonyl (C=O) groups excluding carboxylic acids is 3. The van der Waals surface area contributed by atoms with E-state index in [1.807, 2.05) is 6.92 Å². The van der Waals surface area contributed by atoms with Crippen molar-refractivity contribution >= 4 is 17.9 Å². The molecule has 0 aromatic carbocycles. The molecule has 0 aromatic heterocycles. The molecule has 0 heterocycles. The van der Waals surface area contributed by atoms with Crippen LogP contribution < -0.4 is 0 Å². The summed E-state index contributed by atoms with van der Waals surface area (Å²) in [5.41, 5.74) is 0. The highest BCUT2D eigenvalue weighted by Gasteiger charge is 2.14. The predicted molar refractivity (Wildman–Crippen MR) is 93.2 cm³/mol. The molecular formula is C18H30O8. The zero-order chi connectivity index (χ0) is 19.8. The Morgan fingerprint density at radius 3 is 2.38 bits per heavy atom. The SMILES string of the molecule is C=CC(=O)OCCCCOCC(O)COC(=O)CCOC(=O)C(C)CC. The first kappa shape index (κ1) is 24.1. The molecular weight excluding hydrogens is 344 g/mol. The van der Waals surface area contributed by atoms with E-state index in [1.54, 1.807) is 6.92 Å². The Hall–Kier alpha value is -1.93. The fourth-order valence-electron chi connectivity index (χ4n) is 1.61. The summed E-state index contributed by atoms with van der Waals surface area (Å²) in [5, 5.41) is 9.66. The first-order valence-corrected chi connectivity index (χ1v) is 8.77. The van der Waals surface area contributed by atoms with Crippen LogP contribution in [-0.2, 0) is 33.3 Å². The summed E-state index contributed by atoms with van der Waals surface area (Å²) < 4.78 is 19.9. The van der Waals surface area contributed by atoms with Crippen molar-refractivity contribution in [1.82, 2.24) is 0 Å². The van der Waals surface area contributed by atoms with Crippen molar-refractivity contribution in [2.24, 2.45) is 5.92 Å². The maximum Gasteiger partial charge on any atom is 0.330 e. The number of unbranched alkanes of at least 4 members (excludes halogenated alkanes) is 1. The van der Waals surface area contributed by atoms with Gasteiger partial charge in [-0.15, -0.1) is 0 Å². The minimum atomic E-state index is -0.930. The summed E-state index contributed by atoms with van der Waals surface area (Å²) in [6.45, 7) is 7.41. The van der Waals surface area contributed by atoms with Crippen LogP contribution in [-0.4, -0.2) is 62.2 Å². The standard InChI is InChI=1S/C18H30O8/c1-4-14(3)18(22)25-11-8-17(21)26-13-15(19)12-23-9-6-7-10-24-16(20)5-2/h5,14-15,19H,2,4,6-13H2,1,3H3. The van der Waals surface area contributed by atoms with Crippen LogP contribution >= 0.6 is 0 Å². The van der Waals surface area contributed by atoms with Crippen LogP contribution in [0.5, 0.6) is 0 Å². The van der Waals surface area contributed by atoms with Gasteiger partial charge in [0.15, 0.2) is 0 Å². The van der Waals surface area contributed by atoms with Crippen molar-refractivity contribution in [3.05, 3.63) is 12.7 Å². The van der Waals surface area contributed by atoms with Gasteiger partial charge in [0.05, 0.1) is 25.6 Å². The van der Waals surface area contributed by atoms with Crippen molar-refractivity contribution in [2.45, 2.75) is 45.6 Å². The molecule has 2 unspecified atom stereocenters. The minimum Gasteiger partial charge on any atom is -0.465 e. The molecule has 0 rings (SSSR count). The van der Waals surface area contributed by atoms with Crippen LogP contribution in [0.4, 0.5) is 0 Å². The van der Waals surface area contributed by atoms with E-state index in [0.29, 0.717) is 25.9 Å². The molecule has 2 atom stereocenters. The van der Waals surface area contributed by atoms with Crippen LogP contribution in [0.25, 0.3) is 0 Å². The Balaban J connectivity index is 3.56. The number of rotatable bonds is 15. The fraction of sp³-hybridized carbons (Fsp3) is 0.722. The van der Waals surface area contributed by atoms with E-state index in [9.17, 15) is 19.5 Å². The maximum atomic E-state index is 11.5. The summed E-state index contributed by atoms with van der Waals surface area (Å²) in [7, 11) is 0. The Morgan fingerprint density at radius 1 is 1.04 bits per heavy atom. The second-order valence-electron chi connectivity index (χ2n) is 5.72. The van der Waals surface area contributed by atoms with Crippen molar-refractivity contribution < 1.29 is 38.4 Å². The highest BCUT2D eigenvalue weighted by molar-refractivity contribution is 5.81. The second-order valence-corrected chi connectivity index (χ2v) is 5.72. The van der Waals surface area contributed by atoms with Crippen LogP contribution in [0.1, 0.15) is 39.5 Å². The van der Waals surface area contributed by atoms with Gasteiger partial charge in [-0.2, -0.15) is 0 Å². The number of carbonyl (C=O) groups is 3. The van der Waals surface area contributed by atoms with Gasteiger partial charge in [-0.25, -0.2) is 4.79 Å². The predicted octanol–water partition coefficient (Wildman–Crippen LogP) is 1.40. The number of aliphatic hydroxyl groups is 1. The molecule has 26 heavy (non-hydrogen) atoms. The molecule has 0 amide bonds. The van der Waals surface area contributed by atoms with E-state index >= 15 is 0 Å². The molecule has 150 valence electrons. The third-order valence-electron chi connectivity index (χ3n) is 3.41. The number of aliphatic hydroxyl groups excluding tert-OH is 1. The third-order valence-corrected chi connectivity index (χ3v) is 3.41. The summed E-state index contributed by atoms with van der Waals surface area (Å²) >= 11 is 0. The third kappa shape index (κ3) is 13.4. The largest absolute Gasteiger partial charge is 0.465 e. The Bertz CT molecular complexity index is 435. The Morgan fingerprint density at radius 2 is 1.73 bits per heavy atom. The van der Waals surface area contributed by atoms with E-state index in [2.05, 4.69) is 6.58 Å². The lowest BCUT2D eigenvalue weighted by Gasteiger charge is -2.12. The molecule has 0 aliphatic heterocycles. The van der Waals surface area contributed by atoms with Crippen LogP contribution in [0.15, 0.2) is 12.7 Å². The molecule has 0 bridgehead atoms. The summed E-state index contributed by atoms with van der Waals surface area (Å²) in [5.74, 6) is -1.55. The molecule has 0 aromatic rings. The molecule has 0 saturated carbocycles. The van der Waals surface area contributed by atoms with Crippen LogP contribution in [0.2, 0.25) is 0 Å². The first-order valence-electron chi connectivity index (χ1n) is 8.77. The van der Waals surface area contributed by atoms with E-state index in [-0.39, 0.29) is 44.7 Å². The topological polar surface area (TPSA) is 108 Å². The van der Waals surface area contributed by atoms with Gasteiger partial charge in [-0.3, -0.25) is 9.59 Å². The number of hydrogen-bond donors (Lipinski definition) is 1. The van der Waals surface area contributed by atoms with E-state index < -0.39 is 18.0 Å². The molecule has 0 spiro atoms. The van der Waals surface area contributed by atoms with E-state index in [1.165, 1.54) is 0 Å². The number of ether oxygens (including phenoxy) is 4. The zero-order valence-corrected chi connectivity index (χ0v) is 15.6. The molecule has 0 aliphatic rings. The summed E-state index contributed by atoms with van der Waals surface area (Å²) in [6.07, 6.45) is 2.09. The lowest BCUT2D eigenvalue weighted by molar-refractivity contribution is -0.153. The van der Waals surface area contributed by atoms with E-state index in [4.69, 9.17) is 18.9 Å². The summed E-state index contributed by atoms with van der Waals surface area (Å²) in [4.78, 5) is 33.7. The zero-order valence-electron chi connectivity index (χ0n) is 15.6. The molecule has 0 saturated heterocycles. The molecule has 8 heteroatoms. The van der Waals surface area contributed by atoms with Gasteiger partial charge < -0.3 is 24.1 Å². The second kappa shape index (κ2) is 15.3. The maximum absolute atomic E-state index is 11.5. The molecule has 1 N–H and O–H groups in total. The Labute approximate surface area is 154 Å². The smallest absolute Gasteiger partial charge is 0.330 e. The molecule has 8 nitrogen and oxygen atoms in total. The van der Waals surface area contributed by atoms with Crippen LogP contribution in [0.3, 0.4) is 0 Å². The average molecular weight is 374 g/mol. The van der Waals surface area contributed by atoms with E-state index in [0.717, 1.165) is 6.08 Å². The van der Waals surface area contributed by atoms with Gasteiger partial charge in [-0.1, -0.05) is 20.4 Å². The van der Waals surface area contributed by atoms with Gasteiger partial charge in [0.1, 0.15) is 19.3 Å². The fourth-order valence-corrected chi connectivity index (χ4v) is 1.61. The molecule has 0 aliphatic carbocycles. The first-order chi connectivity index (χ1) is 12.4.